The number of hydrogen-bond donors (Lipinski definition) is 5. The van der Waals surface area contributed by atoms with Gasteiger partial charge in [0, 0.05) is 0 Å². The Hall–Kier alpha value is -0.280. The maximum atomic E-state index is 11.1. The predicted octanol–water partition coefficient (Wildman–Crippen LogP) is 1.97. The van der Waals surface area contributed by atoms with Crippen LogP contribution in [0.2, 0.25) is 0 Å². The van der Waals surface area contributed by atoms with Crippen molar-refractivity contribution in [1.82, 2.24) is 0 Å². The Morgan fingerprint density at radius 3 is 2.39 bits per heavy atom. The van der Waals surface area contributed by atoms with Crippen molar-refractivity contribution in [3.8, 4) is 0 Å². The van der Waals surface area contributed by atoms with Crippen molar-refractivity contribution in [3.05, 3.63) is 0 Å². The summed E-state index contributed by atoms with van der Waals surface area (Å²) in [5, 5.41) is 51.2. The molecule has 190 valence electrons. The molecule has 0 aromatic rings. The van der Waals surface area contributed by atoms with E-state index in [0.717, 1.165) is 32.1 Å². The van der Waals surface area contributed by atoms with Gasteiger partial charge in [-0.15, -0.1) is 0 Å². The van der Waals surface area contributed by atoms with E-state index in [1.54, 1.807) is 0 Å². The third-order valence-electron chi connectivity index (χ3n) is 11.0. The molecule has 0 aromatic carbocycles. The zero-order valence-corrected chi connectivity index (χ0v) is 20.4. The van der Waals surface area contributed by atoms with Crippen molar-refractivity contribution in [2.75, 3.05) is 13.2 Å². The highest BCUT2D eigenvalue weighted by molar-refractivity contribution is 5.16. The Morgan fingerprint density at radius 2 is 1.67 bits per heavy atom. The van der Waals surface area contributed by atoms with Gasteiger partial charge < -0.3 is 35.0 Å². The summed E-state index contributed by atoms with van der Waals surface area (Å²) in [6.07, 6.45) is 3.98. The van der Waals surface area contributed by atoms with Crippen LogP contribution in [0.1, 0.15) is 78.6 Å². The molecule has 4 saturated carbocycles. The summed E-state index contributed by atoms with van der Waals surface area (Å²) in [6.45, 7) is 6.81. The summed E-state index contributed by atoms with van der Waals surface area (Å²) in [7, 11) is 0. The molecule has 1 heterocycles. The van der Waals surface area contributed by atoms with Crippen molar-refractivity contribution < 1.29 is 35.0 Å². The molecule has 0 radical (unpaired) electrons. The highest BCUT2D eigenvalue weighted by Gasteiger charge is 2.66. The van der Waals surface area contributed by atoms with E-state index in [4.69, 9.17) is 9.47 Å². The van der Waals surface area contributed by atoms with E-state index in [0.29, 0.717) is 24.4 Å². The topological polar surface area (TPSA) is 120 Å². The molecule has 7 nitrogen and oxygen atoms in total. The van der Waals surface area contributed by atoms with Crippen molar-refractivity contribution >= 4 is 0 Å². The Balaban J connectivity index is 1.33. The summed E-state index contributed by atoms with van der Waals surface area (Å²) in [4.78, 5) is 0. The van der Waals surface area contributed by atoms with E-state index < -0.39 is 42.9 Å². The monoisotopic (exact) mass is 468 g/mol. The van der Waals surface area contributed by atoms with E-state index in [-0.39, 0.29) is 16.2 Å². The second-order valence-corrected chi connectivity index (χ2v) is 13.0. The van der Waals surface area contributed by atoms with E-state index in [9.17, 15) is 25.5 Å². The largest absolute Gasteiger partial charge is 0.394 e. The first kappa shape index (κ1) is 24.4. The molecule has 1 spiro atoms. The van der Waals surface area contributed by atoms with Gasteiger partial charge in [-0.3, -0.25) is 0 Å². The lowest BCUT2D eigenvalue weighted by Crippen LogP contribution is -2.60. The number of hydrogen-bond acceptors (Lipinski definition) is 7. The smallest absolute Gasteiger partial charge is 0.186 e. The number of aliphatic hydroxyl groups excluding tert-OH is 4. The molecule has 5 aliphatic rings. The van der Waals surface area contributed by atoms with Crippen LogP contribution in [0.25, 0.3) is 0 Å². The van der Waals surface area contributed by atoms with Gasteiger partial charge in [0.1, 0.15) is 24.4 Å². The molecule has 5 fully saturated rings. The van der Waals surface area contributed by atoms with Crippen LogP contribution in [0.4, 0.5) is 0 Å². The fraction of sp³-hybridized carbons (Fsp3) is 1.00. The molecule has 5 N–H and O–H groups in total. The second-order valence-electron chi connectivity index (χ2n) is 13.0. The maximum absolute atomic E-state index is 11.1. The average Bonchev–Trinajstić information content (AvgIpc) is 2.94. The predicted molar refractivity (Wildman–Crippen MR) is 121 cm³/mol. The van der Waals surface area contributed by atoms with Crippen LogP contribution < -0.4 is 0 Å². The average molecular weight is 469 g/mol. The lowest BCUT2D eigenvalue weighted by atomic mass is 9.41. The zero-order valence-electron chi connectivity index (χ0n) is 20.4. The number of rotatable bonds is 4. The lowest BCUT2D eigenvalue weighted by Gasteiger charge is -2.64. The highest BCUT2D eigenvalue weighted by atomic mass is 16.7. The molecule has 2 bridgehead atoms. The van der Waals surface area contributed by atoms with E-state index >= 15 is 0 Å². The van der Waals surface area contributed by atoms with Crippen molar-refractivity contribution in [1.29, 1.82) is 0 Å². The Morgan fingerprint density at radius 1 is 0.909 bits per heavy atom. The molecule has 4 aliphatic carbocycles. The third-order valence-corrected chi connectivity index (χ3v) is 11.0. The quantitative estimate of drug-likeness (QED) is 0.428. The van der Waals surface area contributed by atoms with Gasteiger partial charge in [0.25, 0.3) is 0 Å². The standard InChI is InChI=1S/C26H44O7/c1-23(14-32-22-21(30)20(29)19(28)16(12-27)33-22)8-4-9-24(2)17(23)7-10-26-11-15(5-6-18(24)26)25(3,31)13-26/h15-22,27-31H,4-14H2,1-3H3. The van der Waals surface area contributed by atoms with E-state index in [1.807, 2.05) is 0 Å². The van der Waals surface area contributed by atoms with Gasteiger partial charge in [0.05, 0.1) is 18.8 Å². The fourth-order valence-corrected chi connectivity index (χ4v) is 9.58. The molecule has 12 atom stereocenters. The lowest BCUT2D eigenvalue weighted by molar-refractivity contribution is -0.310. The van der Waals surface area contributed by atoms with E-state index in [2.05, 4.69) is 20.8 Å². The zero-order chi connectivity index (χ0) is 23.8. The summed E-state index contributed by atoms with van der Waals surface area (Å²) in [6, 6.07) is 0. The van der Waals surface area contributed by atoms with Crippen molar-refractivity contribution in [3.63, 3.8) is 0 Å². The molecule has 0 amide bonds. The second kappa shape index (κ2) is 8.12. The number of aliphatic hydroxyl groups is 5. The van der Waals surface area contributed by atoms with Gasteiger partial charge in [0.2, 0.25) is 0 Å². The van der Waals surface area contributed by atoms with Crippen molar-refractivity contribution in [2.45, 2.75) is 115 Å². The Kier molecular flexibility index (Phi) is 6.01. The molecule has 5 rings (SSSR count). The maximum Gasteiger partial charge on any atom is 0.186 e. The molecule has 7 heteroatoms. The molecular formula is C26H44O7. The summed E-state index contributed by atoms with van der Waals surface area (Å²) < 4.78 is 11.7. The van der Waals surface area contributed by atoms with Gasteiger partial charge in [-0.1, -0.05) is 20.3 Å². The summed E-state index contributed by atoms with van der Waals surface area (Å²) >= 11 is 0. The Bertz CT molecular complexity index is 742. The van der Waals surface area contributed by atoms with Gasteiger partial charge in [-0.05, 0) is 92.3 Å². The highest BCUT2D eigenvalue weighted by Crippen LogP contribution is 2.72. The van der Waals surface area contributed by atoms with Gasteiger partial charge in [-0.25, -0.2) is 0 Å². The van der Waals surface area contributed by atoms with Crippen LogP contribution in [0.3, 0.4) is 0 Å². The Labute approximate surface area is 197 Å². The minimum Gasteiger partial charge on any atom is -0.394 e. The van der Waals surface area contributed by atoms with Gasteiger partial charge >= 0.3 is 0 Å². The first-order valence-corrected chi connectivity index (χ1v) is 13.1. The molecule has 0 aromatic heterocycles. The molecule has 1 saturated heterocycles. The number of fused-ring (bicyclic) bond motifs is 3. The van der Waals surface area contributed by atoms with Crippen LogP contribution in [0, 0.1) is 34.0 Å². The van der Waals surface area contributed by atoms with E-state index in [1.165, 1.54) is 25.7 Å². The van der Waals surface area contributed by atoms with Crippen LogP contribution >= 0.6 is 0 Å². The minimum absolute atomic E-state index is 0.0780. The number of ether oxygens (including phenoxy) is 2. The van der Waals surface area contributed by atoms with Gasteiger partial charge in [0.15, 0.2) is 6.29 Å². The van der Waals surface area contributed by atoms with Crippen LogP contribution in [-0.2, 0) is 9.47 Å². The SMILES string of the molecule is CC1(O)CC23CCC4C(C)(COC5OC(CO)C(O)C(O)C5O)CCCC4(C)C2CCC1C3. The molecule has 33 heavy (non-hydrogen) atoms. The first-order chi connectivity index (χ1) is 15.5. The normalized spacial score (nSPS) is 58.5. The third kappa shape index (κ3) is 3.64. The molecule has 12 unspecified atom stereocenters. The van der Waals surface area contributed by atoms with Crippen LogP contribution in [0.5, 0.6) is 0 Å². The van der Waals surface area contributed by atoms with Crippen LogP contribution in [0.15, 0.2) is 0 Å². The van der Waals surface area contributed by atoms with Crippen LogP contribution in [-0.4, -0.2) is 75.1 Å². The molecule has 1 aliphatic heterocycles. The summed E-state index contributed by atoms with van der Waals surface area (Å²) in [5.41, 5.74) is -0.128. The minimum atomic E-state index is -1.41. The van der Waals surface area contributed by atoms with Crippen molar-refractivity contribution in [2.24, 2.45) is 34.0 Å². The molecular weight excluding hydrogens is 424 g/mol. The fourth-order valence-electron chi connectivity index (χ4n) is 9.58. The summed E-state index contributed by atoms with van der Waals surface area (Å²) in [5.74, 6) is 1.56. The van der Waals surface area contributed by atoms with Gasteiger partial charge in [-0.2, -0.15) is 0 Å². The first-order valence-electron chi connectivity index (χ1n) is 13.1.